The van der Waals surface area contributed by atoms with E-state index in [1.165, 1.54) is 51.6 Å². The Bertz CT molecular complexity index is 1260. The largest absolute Gasteiger partial charge is 0.353 e. The summed E-state index contributed by atoms with van der Waals surface area (Å²) in [6.45, 7) is 3.28. The third-order valence-corrected chi connectivity index (χ3v) is 7.62. The lowest BCUT2D eigenvalue weighted by Crippen LogP contribution is -2.18. The summed E-state index contributed by atoms with van der Waals surface area (Å²) in [5.41, 5.74) is 4.59. The Morgan fingerprint density at radius 1 is 0.853 bits per heavy atom. The summed E-state index contributed by atoms with van der Waals surface area (Å²) in [6.07, 6.45) is 11.3. The number of nitrogens with one attached hydrogen (secondary N) is 2. The van der Waals surface area contributed by atoms with Crippen LogP contribution in [0.4, 0.5) is 22.3 Å². The Kier molecular flexibility index (Phi) is 6.03. The van der Waals surface area contributed by atoms with Crippen molar-refractivity contribution in [2.75, 3.05) is 23.7 Å². The average molecular weight is 473 g/mol. The van der Waals surface area contributed by atoms with Crippen molar-refractivity contribution >= 4 is 44.7 Å². The highest BCUT2D eigenvalue weighted by molar-refractivity contribution is 7.15. The van der Waals surface area contributed by atoms with Crippen LogP contribution in [0.2, 0.25) is 0 Å². The van der Waals surface area contributed by atoms with Crippen molar-refractivity contribution in [3.63, 3.8) is 0 Å². The molecule has 174 valence electrons. The number of nitrogens with zero attached hydrogens (tertiary/aromatic N) is 6. The highest BCUT2D eigenvalue weighted by atomic mass is 32.1. The van der Waals surface area contributed by atoms with Gasteiger partial charge in [-0.2, -0.15) is 0 Å². The van der Waals surface area contributed by atoms with Crippen LogP contribution in [-0.2, 0) is 6.54 Å². The van der Waals surface area contributed by atoms with Crippen molar-refractivity contribution in [3.8, 4) is 0 Å². The fraction of sp³-hybridized carbons (Fsp3) is 0.400. The zero-order valence-electron chi connectivity index (χ0n) is 19.1. The van der Waals surface area contributed by atoms with Gasteiger partial charge in [0.2, 0.25) is 5.13 Å². The predicted octanol–water partition coefficient (Wildman–Crippen LogP) is 5.62. The average Bonchev–Trinajstić information content (AvgIpc) is 3.63. The molecule has 0 spiro atoms. The van der Waals surface area contributed by atoms with Gasteiger partial charge in [-0.1, -0.05) is 24.2 Å². The molecule has 9 heteroatoms. The van der Waals surface area contributed by atoms with E-state index in [4.69, 9.17) is 4.98 Å². The van der Waals surface area contributed by atoms with Crippen molar-refractivity contribution in [2.45, 2.75) is 51.0 Å². The highest BCUT2D eigenvalue weighted by Gasteiger charge is 2.21. The van der Waals surface area contributed by atoms with E-state index < -0.39 is 0 Å². The molecule has 4 aromatic heterocycles. The van der Waals surface area contributed by atoms with Crippen LogP contribution in [0.25, 0.3) is 11.0 Å². The molecule has 1 aliphatic heterocycles. The molecule has 8 nitrogen and oxygen atoms in total. The van der Waals surface area contributed by atoms with E-state index >= 15 is 0 Å². The summed E-state index contributed by atoms with van der Waals surface area (Å²) in [6, 6.07) is 10.1. The summed E-state index contributed by atoms with van der Waals surface area (Å²) in [4.78, 5) is 16.4. The van der Waals surface area contributed by atoms with Gasteiger partial charge in [0.15, 0.2) is 0 Å². The summed E-state index contributed by atoms with van der Waals surface area (Å²) >= 11 is 1.63. The van der Waals surface area contributed by atoms with Gasteiger partial charge in [-0.3, -0.25) is 14.9 Å². The van der Waals surface area contributed by atoms with Crippen LogP contribution in [0.15, 0.2) is 42.7 Å². The third kappa shape index (κ3) is 4.85. The summed E-state index contributed by atoms with van der Waals surface area (Å²) in [7, 11) is 0. The molecule has 0 amide bonds. The zero-order valence-corrected chi connectivity index (χ0v) is 19.9. The van der Waals surface area contributed by atoms with E-state index in [1.54, 1.807) is 11.3 Å². The maximum Gasteiger partial charge on any atom is 0.211 e. The first-order valence-electron chi connectivity index (χ1n) is 12.1. The Balaban J connectivity index is 1.14. The lowest BCUT2D eigenvalue weighted by molar-refractivity contribution is 0.327. The Morgan fingerprint density at radius 3 is 2.53 bits per heavy atom. The van der Waals surface area contributed by atoms with Gasteiger partial charge in [-0.15, -0.1) is 10.2 Å². The van der Waals surface area contributed by atoms with Crippen molar-refractivity contribution < 1.29 is 0 Å². The van der Waals surface area contributed by atoms with Crippen LogP contribution < -0.4 is 10.6 Å². The molecule has 0 radical (unpaired) electrons. The molecule has 2 aliphatic rings. The van der Waals surface area contributed by atoms with Gasteiger partial charge in [0, 0.05) is 12.5 Å². The Labute approximate surface area is 202 Å². The smallest absolute Gasteiger partial charge is 0.211 e. The zero-order chi connectivity index (χ0) is 22.7. The number of hydrogen-bond donors (Lipinski definition) is 2. The van der Waals surface area contributed by atoms with Crippen LogP contribution in [0.5, 0.6) is 0 Å². The molecule has 5 heterocycles. The number of rotatable bonds is 7. The highest BCUT2D eigenvalue weighted by Crippen LogP contribution is 2.37. The number of hydrogen-bond acceptors (Lipinski definition) is 9. The van der Waals surface area contributed by atoms with Crippen LogP contribution in [0, 0.1) is 0 Å². The van der Waals surface area contributed by atoms with Gasteiger partial charge >= 0.3 is 0 Å². The number of pyridine rings is 3. The monoisotopic (exact) mass is 472 g/mol. The fourth-order valence-electron chi connectivity index (χ4n) is 4.81. The maximum atomic E-state index is 4.76. The predicted molar refractivity (Wildman–Crippen MR) is 136 cm³/mol. The van der Waals surface area contributed by atoms with Crippen LogP contribution in [0.1, 0.15) is 55.1 Å². The minimum atomic E-state index is 0.569. The van der Waals surface area contributed by atoms with Crippen molar-refractivity contribution in [2.24, 2.45) is 0 Å². The lowest BCUT2D eigenvalue weighted by atomic mass is 10.1. The van der Waals surface area contributed by atoms with Gasteiger partial charge in [0.05, 0.1) is 40.5 Å². The van der Waals surface area contributed by atoms with Gasteiger partial charge < -0.3 is 10.6 Å². The molecule has 6 rings (SSSR count). The third-order valence-electron chi connectivity index (χ3n) is 6.62. The SMILES string of the molecule is c1cc(CN2CCCC2)ncc1Nc1cnc2ccc(Nc3nnc(C4CCCC4)s3)nc2c1. The van der Waals surface area contributed by atoms with Crippen molar-refractivity contribution in [3.05, 3.63) is 53.4 Å². The van der Waals surface area contributed by atoms with Gasteiger partial charge in [-0.25, -0.2) is 4.98 Å². The lowest BCUT2D eigenvalue weighted by Gasteiger charge is -2.14. The van der Waals surface area contributed by atoms with Gasteiger partial charge in [0.1, 0.15) is 10.8 Å². The molecular formula is C25H28N8S. The fourth-order valence-corrected chi connectivity index (χ4v) is 5.72. The van der Waals surface area contributed by atoms with E-state index in [0.29, 0.717) is 5.92 Å². The Hall–Kier alpha value is -3.17. The van der Waals surface area contributed by atoms with Gasteiger partial charge in [0.25, 0.3) is 0 Å². The summed E-state index contributed by atoms with van der Waals surface area (Å²) in [5.74, 6) is 1.31. The normalized spacial score (nSPS) is 16.9. The van der Waals surface area contributed by atoms with E-state index in [9.17, 15) is 0 Å². The number of aromatic nitrogens is 5. The molecule has 0 bridgehead atoms. The molecule has 2 N–H and O–H groups in total. The van der Waals surface area contributed by atoms with Crippen LogP contribution in [-0.4, -0.2) is 43.1 Å². The van der Waals surface area contributed by atoms with Gasteiger partial charge in [-0.05, 0) is 69.1 Å². The molecule has 1 aliphatic carbocycles. The summed E-state index contributed by atoms with van der Waals surface area (Å²) < 4.78 is 0. The minimum absolute atomic E-state index is 0.569. The van der Waals surface area contributed by atoms with E-state index in [1.807, 2.05) is 30.6 Å². The molecule has 0 aromatic carbocycles. The van der Waals surface area contributed by atoms with E-state index in [0.717, 1.165) is 50.6 Å². The molecule has 2 fully saturated rings. The molecule has 4 aromatic rings. The Morgan fingerprint density at radius 2 is 1.71 bits per heavy atom. The molecule has 1 saturated heterocycles. The van der Waals surface area contributed by atoms with Crippen molar-refractivity contribution in [1.29, 1.82) is 0 Å². The second-order valence-corrected chi connectivity index (χ2v) is 10.2. The standard InChI is InChI=1S/C25H28N8S/c1-2-6-17(5-1)24-31-32-25(34-24)30-23-10-9-21-22(29-23)13-20(15-27-21)28-18-7-8-19(26-14-18)16-33-11-3-4-12-33/h7-10,13-15,17,28H,1-6,11-12,16H2,(H,29,30,32). The minimum Gasteiger partial charge on any atom is -0.353 e. The van der Waals surface area contributed by atoms with E-state index in [2.05, 4.69) is 47.8 Å². The maximum absolute atomic E-state index is 4.76. The molecule has 0 atom stereocenters. The first-order chi connectivity index (χ1) is 16.8. The second-order valence-electron chi connectivity index (χ2n) is 9.16. The molecular weight excluding hydrogens is 444 g/mol. The quantitative estimate of drug-likeness (QED) is 0.358. The topological polar surface area (TPSA) is 91.8 Å². The molecule has 0 unspecified atom stereocenters. The second kappa shape index (κ2) is 9.60. The summed E-state index contributed by atoms with van der Waals surface area (Å²) in [5, 5.41) is 17.4. The van der Waals surface area contributed by atoms with Crippen LogP contribution >= 0.6 is 11.3 Å². The molecule has 1 saturated carbocycles. The number of likely N-dealkylation sites (tertiary alicyclic amines) is 1. The first kappa shape index (κ1) is 21.4. The first-order valence-corrected chi connectivity index (χ1v) is 12.9. The van der Waals surface area contributed by atoms with Crippen LogP contribution in [0.3, 0.4) is 0 Å². The number of anilines is 4. The van der Waals surface area contributed by atoms with E-state index in [-0.39, 0.29) is 0 Å². The van der Waals surface area contributed by atoms with Crippen molar-refractivity contribution in [1.82, 2.24) is 30.0 Å². The molecule has 34 heavy (non-hydrogen) atoms. The number of fused-ring (bicyclic) bond motifs is 1.